The molecule has 0 radical (unpaired) electrons. The highest BCUT2D eigenvalue weighted by molar-refractivity contribution is 7.99. The first-order valence-corrected chi connectivity index (χ1v) is 9.55. The largest absolute Gasteiger partial charge is 0.461 e. The Morgan fingerprint density at radius 3 is 2.69 bits per heavy atom. The minimum atomic E-state index is -0.0117. The van der Waals surface area contributed by atoms with Gasteiger partial charge in [0.25, 0.3) is 0 Å². The molecule has 1 aromatic carbocycles. The van der Waals surface area contributed by atoms with Crippen LogP contribution in [-0.2, 0) is 4.79 Å². The Hall–Kier alpha value is -2.54. The van der Waals surface area contributed by atoms with Crippen LogP contribution in [0.2, 0.25) is 0 Å². The van der Waals surface area contributed by atoms with Crippen LogP contribution in [0.3, 0.4) is 0 Å². The average molecular weight is 370 g/mol. The molecule has 26 heavy (non-hydrogen) atoms. The highest BCUT2D eigenvalue weighted by Gasteiger charge is 2.19. The molecule has 2 heterocycles. The molecule has 1 unspecified atom stereocenters. The van der Waals surface area contributed by atoms with Gasteiger partial charge in [0.2, 0.25) is 11.7 Å². The van der Waals surface area contributed by atoms with Crippen molar-refractivity contribution in [2.45, 2.75) is 38.4 Å². The molecule has 0 saturated carbocycles. The van der Waals surface area contributed by atoms with Crippen LogP contribution in [0.1, 0.15) is 25.8 Å². The van der Waals surface area contributed by atoms with Crippen LogP contribution in [0.4, 0.5) is 0 Å². The van der Waals surface area contributed by atoms with Crippen LogP contribution in [0.5, 0.6) is 0 Å². The van der Waals surface area contributed by atoms with Gasteiger partial charge in [0.05, 0.1) is 12.0 Å². The number of nitrogens with zero attached hydrogens (tertiary/aromatic N) is 3. The van der Waals surface area contributed by atoms with E-state index in [0.717, 1.165) is 12.1 Å². The van der Waals surface area contributed by atoms with E-state index in [4.69, 9.17) is 4.42 Å². The number of amides is 1. The first-order valence-electron chi connectivity index (χ1n) is 8.57. The monoisotopic (exact) mass is 370 g/mol. The van der Waals surface area contributed by atoms with Crippen molar-refractivity contribution in [3.63, 3.8) is 0 Å². The van der Waals surface area contributed by atoms with Crippen LogP contribution in [0.25, 0.3) is 17.3 Å². The molecule has 0 aliphatic carbocycles. The summed E-state index contributed by atoms with van der Waals surface area (Å²) in [4.78, 5) is 12.1. The summed E-state index contributed by atoms with van der Waals surface area (Å²) in [7, 11) is 0. The molecular formula is C19H22N4O2S. The van der Waals surface area contributed by atoms with Crippen molar-refractivity contribution in [3.8, 4) is 17.3 Å². The molecule has 2 aromatic heterocycles. The lowest BCUT2D eigenvalue weighted by Crippen LogP contribution is -2.33. The fraction of sp³-hybridized carbons (Fsp3) is 0.316. The predicted molar refractivity (Wildman–Crippen MR) is 102 cm³/mol. The lowest BCUT2D eigenvalue weighted by Gasteiger charge is -2.12. The number of carbonyl (C=O) groups excluding carboxylic acids is 1. The van der Waals surface area contributed by atoms with Crippen molar-refractivity contribution in [3.05, 3.63) is 48.2 Å². The molecule has 0 fully saturated rings. The molecule has 7 heteroatoms. The molecule has 0 aliphatic heterocycles. The lowest BCUT2D eigenvalue weighted by molar-refractivity contribution is -0.119. The second-order valence-electron chi connectivity index (χ2n) is 6.12. The smallest absolute Gasteiger partial charge is 0.230 e. The molecule has 1 atom stereocenters. The molecule has 6 nitrogen and oxygen atoms in total. The molecule has 1 amide bonds. The average Bonchev–Trinajstić information content (AvgIpc) is 3.30. The Morgan fingerprint density at radius 1 is 1.27 bits per heavy atom. The topological polar surface area (TPSA) is 73.0 Å². The number of nitrogens with one attached hydrogen (secondary N) is 1. The van der Waals surface area contributed by atoms with E-state index in [1.807, 2.05) is 61.7 Å². The summed E-state index contributed by atoms with van der Waals surface area (Å²) >= 11 is 1.36. The quantitative estimate of drug-likeness (QED) is 0.640. The Labute approximate surface area is 157 Å². The first-order chi connectivity index (χ1) is 12.6. The van der Waals surface area contributed by atoms with Gasteiger partial charge >= 0.3 is 0 Å². The van der Waals surface area contributed by atoms with Crippen LogP contribution >= 0.6 is 11.8 Å². The normalized spacial score (nSPS) is 12.1. The van der Waals surface area contributed by atoms with Gasteiger partial charge in [-0.2, -0.15) is 0 Å². The number of benzene rings is 1. The number of aromatic nitrogens is 3. The third kappa shape index (κ3) is 4.16. The summed E-state index contributed by atoms with van der Waals surface area (Å²) < 4.78 is 7.42. The second-order valence-corrected chi connectivity index (χ2v) is 7.06. The Bertz CT molecular complexity index is 856. The predicted octanol–water partition coefficient (Wildman–Crippen LogP) is 3.84. The van der Waals surface area contributed by atoms with Crippen molar-refractivity contribution >= 4 is 17.7 Å². The number of hydrogen-bond donors (Lipinski definition) is 1. The number of aryl methyl sites for hydroxylation is 1. The van der Waals surface area contributed by atoms with Gasteiger partial charge in [-0.05, 0) is 44.5 Å². The van der Waals surface area contributed by atoms with Crippen molar-refractivity contribution in [1.82, 2.24) is 20.1 Å². The summed E-state index contributed by atoms with van der Waals surface area (Å²) in [5.41, 5.74) is 2.10. The fourth-order valence-corrected chi connectivity index (χ4v) is 3.17. The van der Waals surface area contributed by atoms with Crippen molar-refractivity contribution in [1.29, 1.82) is 0 Å². The zero-order chi connectivity index (χ0) is 18.5. The Morgan fingerprint density at radius 2 is 2.04 bits per heavy atom. The van der Waals surface area contributed by atoms with E-state index in [1.54, 1.807) is 6.26 Å². The summed E-state index contributed by atoms with van der Waals surface area (Å²) in [5, 5.41) is 12.2. The molecule has 1 N–H and O–H groups in total. The second kappa shape index (κ2) is 8.23. The van der Waals surface area contributed by atoms with Gasteiger partial charge in [-0.3, -0.25) is 9.36 Å². The maximum atomic E-state index is 12.1. The van der Waals surface area contributed by atoms with Crippen LogP contribution in [0.15, 0.2) is 52.2 Å². The highest BCUT2D eigenvalue weighted by atomic mass is 32.2. The fourth-order valence-electron chi connectivity index (χ4n) is 2.40. The van der Waals surface area contributed by atoms with Crippen molar-refractivity contribution in [2.24, 2.45) is 0 Å². The number of rotatable bonds is 7. The lowest BCUT2D eigenvalue weighted by atomic mass is 10.2. The van der Waals surface area contributed by atoms with Gasteiger partial charge in [-0.25, -0.2) is 0 Å². The molecule has 0 bridgehead atoms. The Kier molecular flexibility index (Phi) is 5.78. The van der Waals surface area contributed by atoms with E-state index in [2.05, 4.69) is 15.5 Å². The molecule has 3 aromatic rings. The summed E-state index contributed by atoms with van der Waals surface area (Å²) in [5.74, 6) is 1.52. The summed E-state index contributed by atoms with van der Waals surface area (Å²) in [6, 6.07) is 11.9. The zero-order valence-electron chi connectivity index (χ0n) is 15.1. The van der Waals surface area contributed by atoms with Gasteiger partial charge in [-0.1, -0.05) is 36.4 Å². The Balaban J connectivity index is 1.88. The van der Waals surface area contributed by atoms with Crippen LogP contribution in [-0.4, -0.2) is 32.5 Å². The third-order valence-electron chi connectivity index (χ3n) is 4.02. The summed E-state index contributed by atoms with van der Waals surface area (Å²) in [6.45, 7) is 6.08. The molecule has 3 rings (SSSR count). The van der Waals surface area contributed by atoms with E-state index < -0.39 is 0 Å². The van der Waals surface area contributed by atoms with Gasteiger partial charge in [0.15, 0.2) is 10.9 Å². The minimum absolute atomic E-state index is 0.0117. The summed E-state index contributed by atoms with van der Waals surface area (Å²) in [6.07, 6.45) is 2.51. The standard InChI is InChI=1S/C19H22N4O2S/c1-4-14(3)20-17(24)12-26-19-22-21-18(16-6-5-11-25-16)23(19)15-9-7-13(2)8-10-15/h5-11,14H,4,12H2,1-3H3,(H,20,24). The van der Waals surface area contributed by atoms with Crippen LogP contribution in [0, 0.1) is 6.92 Å². The van der Waals surface area contributed by atoms with Gasteiger partial charge < -0.3 is 9.73 Å². The van der Waals surface area contributed by atoms with E-state index in [-0.39, 0.29) is 17.7 Å². The van der Waals surface area contributed by atoms with E-state index >= 15 is 0 Å². The number of carbonyl (C=O) groups is 1. The molecule has 0 saturated heterocycles. The van der Waals surface area contributed by atoms with E-state index in [1.165, 1.54) is 17.3 Å². The third-order valence-corrected chi connectivity index (χ3v) is 4.95. The molecule has 136 valence electrons. The minimum Gasteiger partial charge on any atom is -0.461 e. The number of furan rings is 1. The van der Waals surface area contributed by atoms with E-state index in [0.29, 0.717) is 16.7 Å². The maximum absolute atomic E-state index is 12.1. The molecule has 0 spiro atoms. The van der Waals surface area contributed by atoms with E-state index in [9.17, 15) is 4.79 Å². The SMILES string of the molecule is CCC(C)NC(=O)CSc1nnc(-c2ccco2)n1-c1ccc(C)cc1. The molecule has 0 aliphatic rings. The van der Waals surface area contributed by atoms with Crippen molar-refractivity contribution < 1.29 is 9.21 Å². The van der Waals surface area contributed by atoms with Gasteiger partial charge in [-0.15, -0.1) is 10.2 Å². The zero-order valence-corrected chi connectivity index (χ0v) is 15.9. The van der Waals surface area contributed by atoms with Gasteiger partial charge in [0.1, 0.15) is 0 Å². The van der Waals surface area contributed by atoms with Gasteiger partial charge in [0, 0.05) is 11.7 Å². The van der Waals surface area contributed by atoms with Crippen molar-refractivity contribution in [2.75, 3.05) is 5.75 Å². The maximum Gasteiger partial charge on any atom is 0.230 e. The number of thioether (sulfide) groups is 1. The van der Waals surface area contributed by atoms with Crippen LogP contribution < -0.4 is 5.32 Å². The number of hydrogen-bond acceptors (Lipinski definition) is 5. The molecular weight excluding hydrogens is 348 g/mol. The highest BCUT2D eigenvalue weighted by Crippen LogP contribution is 2.28. The first kappa shape index (κ1) is 18.3.